The fraction of sp³-hybridized carbons (Fsp3) is 0.350. The summed E-state index contributed by atoms with van der Waals surface area (Å²) in [5.74, 6) is -6.34. The number of rotatable bonds is 7. The van der Waals surface area contributed by atoms with Crippen LogP contribution in [0.2, 0.25) is 0 Å². The first kappa shape index (κ1) is 28.1. The first-order valence-corrected chi connectivity index (χ1v) is 12.2. The topological polar surface area (TPSA) is 117 Å². The maximum Gasteiger partial charge on any atom is 0.456 e. The maximum absolute atomic E-state index is 13.2. The van der Waals surface area contributed by atoms with E-state index in [1.165, 1.54) is 26.2 Å². The first-order chi connectivity index (χ1) is 18.0. The van der Waals surface area contributed by atoms with E-state index in [1.807, 2.05) is 0 Å². The summed E-state index contributed by atoms with van der Waals surface area (Å²) < 4.78 is 135. The zero-order chi connectivity index (χ0) is 29.0. The molecule has 0 radical (unpaired) electrons. The van der Waals surface area contributed by atoms with Crippen LogP contribution in [0.5, 0.6) is 5.88 Å². The van der Waals surface area contributed by atoms with Gasteiger partial charge in [-0.1, -0.05) is 6.92 Å². The van der Waals surface area contributed by atoms with Crippen LogP contribution in [0.15, 0.2) is 35.5 Å². The Balaban J connectivity index is 1.83. The molecule has 0 unspecified atom stereocenters. The van der Waals surface area contributed by atoms with Gasteiger partial charge in [-0.25, -0.2) is 17.9 Å². The van der Waals surface area contributed by atoms with Crippen molar-refractivity contribution in [1.29, 1.82) is 0 Å². The van der Waals surface area contributed by atoms with E-state index in [0.29, 0.717) is 0 Å². The molecule has 4 aromatic heterocycles. The average molecular weight is 585 g/mol. The van der Waals surface area contributed by atoms with Crippen molar-refractivity contribution in [2.45, 2.75) is 30.2 Å². The molecule has 0 aliphatic carbocycles. The molecule has 0 atom stereocenters. The molecule has 0 aliphatic rings. The van der Waals surface area contributed by atoms with Crippen molar-refractivity contribution in [2.75, 3.05) is 12.4 Å². The zero-order valence-electron chi connectivity index (χ0n) is 19.6. The van der Waals surface area contributed by atoms with E-state index < -0.39 is 57.1 Å². The number of aromatic nitrogens is 7. The Hall–Kier alpha value is -3.90. The molecular weight excluding hydrogens is 570 g/mol. The molecule has 0 saturated carbocycles. The number of nitrogens with zero attached hydrogens (tertiary/aromatic N) is 7. The van der Waals surface area contributed by atoms with E-state index in [2.05, 4.69) is 30.1 Å². The molecule has 10 nitrogen and oxygen atoms in total. The third-order valence-corrected chi connectivity index (χ3v) is 6.94. The highest BCUT2D eigenvalue weighted by atomic mass is 32.2. The highest BCUT2D eigenvalue weighted by Crippen LogP contribution is 2.37. The van der Waals surface area contributed by atoms with Crippen LogP contribution < -0.4 is 4.74 Å². The summed E-state index contributed by atoms with van der Waals surface area (Å²) in [6, 6.07) is 3.90. The quantitative estimate of drug-likeness (QED) is 0.299. The predicted octanol–water partition coefficient (Wildman–Crippen LogP) is 3.98. The fourth-order valence-electron chi connectivity index (χ4n) is 3.32. The number of alkyl halides is 8. The summed E-state index contributed by atoms with van der Waals surface area (Å²) in [5.41, 5.74) is -1.98. The summed E-state index contributed by atoms with van der Waals surface area (Å²) in [4.78, 5) is 4.08. The minimum absolute atomic E-state index is 0.0217. The highest BCUT2D eigenvalue weighted by molar-refractivity contribution is 7.91. The average Bonchev–Trinajstić information content (AvgIpc) is 3.44. The van der Waals surface area contributed by atoms with Gasteiger partial charge in [-0.3, -0.25) is 4.68 Å². The molecule has 19 heteroatoms. The van der Waals surface area contributed by atoms with Gasteiger partial charge in [0, 0.05) is 19.3 Å². The van der Waals surface area contributed by atoms with E-state index in [1.54, 1.807) is 0 Å². The number of hydrogen-bond acceptors (Lipinski definition) is 8. The van der Waals surface area contributed by atoms with Crippen molar-refractivity contribution >= 4 is 15.5 Å². The number of hydrogen-bond donors (Lipinski definition) is 0. The second-order valence-corrected chi connectivity index (χ2v) is 10.1. The largest absolute Gasteiger partial charge is 0.470 e. The molecule has 0 bridgehead atoms. The molecule has 4 aromatic rings. The molecule has 0 aliphatic heterocycles. The molecule has 210 valence electrons. The summed E-state index contributed by atoms with van der Waals surface area (Å²) in [6.45, 7) is -0.774. The molecule has 0 N–H and O–H groups in total. The van der Waals surface area contributed by atoms with E-state index in [-0.39, 0.29) is 28.3 Å². The van der Waals surface area contributed by atoms with Gasteiger partial charge in [-0.2, -0.15) is 45.3 Å². The lowest BCUT2D eigenvalue weighted by Crippen LogP contribution is -2.41. The van der Waals surface area contributed by atoms with Gasteiger partial charge >= 0.3 is 18.3 Å². The van der Waals surface area contributed by atoms with Crippen LogP contribution >= 0.6 is 0 Å². The van der Waals surface area contributed by atoms with Gasteiger partial charge in [0.05, 0.1) is 22.7 Å². The van der Waals surface area contributed by atoms with E-state index in [0.717, 1.165) is 27.4 Å². The molecular formula is C20H15F8N7O3S. The lowest BCUT2D eigenvalue weighted by Gasteiger charge is -2.19. The molecule has 4 heterocycles. The number of sulfone groups is 1. The van der Waals surface area contributed by atoms with Crippen LogP contribution in [0.25, 0.3) is 28.3 Å². The van der Waals surface area contributed by atoms with Crippen molar-refractivity contribution in [2.24, 2.45) is 7.05 Å². The number of fused-ring (bicyclic) bond motifs is 1. The zero-order valence-corrected chi connectivity index (χ0v) is 20.4. The van der Waals surface area contributed by atoms with Gasteiger partial charge < -0.3 is 4.74 Å². The van der Waals surface area contributed by atoms with Crippen molar-refractivity contribution < 1.29 is 48.3 Å². The van der Waals surface area contributed by atoms with Gasteiger partial charge in [0.15, 0.2) is 32.8 Å². The highest BCUT2D eigenvalue weighted by Gasteiger charge is 2.58. The lowest BCUT2D eigenvalue weighted by atomic mass is 10.2. The van der Waals surface area contributed by atoms with Gasteiger partial charge in [-0.05, 0) is 18.2 Å². The van der Waals surface area contributed by atoms with Crippen molar-refractivity contribution in [3.05, 3.63) is 36.2 Å². The van der Waals surface area contributed by atoms with Crippen LogP contribution in [-0.4, -0.2) is 67.5 Å². The van der Waals surface area contributed by atoms with E-state index in [9.17, 15) is 43.5 Å². The van der Waals surface area contributed by atoms with E-state index in [4.69, 9.17) is 0 Å². The third kappa shape index (κ3) is 5.21. The SMILES string of the molecule is CCS(=O)(=O)c1nn2c(-c3cc(C(F)(F)F)nn3C)ccnc2c1-c1ccc(OCC(F)(F)C(F)(F)F)nn1. The Morgan fingerprint density at radius 1 is 0.949 bits per heavy atom. The monoisotopic (exact) mass is 585 g/mol. The number of halogens is 8. The van der Waals surface area contributed by atoms with Crippen molar-refractivity contribution in [3.63, 3.8) is 0 Å². The lowest BCUT2D eigenvalue weighted by molar-refractivity contribution is -0.290. The van der Waals surface area contributed by atoms with Crippen molar-refractivity contribution in [1.82, 2.24) is 34.6 Å². The van der Waals surface area contributed by atoms with E-state index >= 15 is 0 Å². The number of aryl methyl sites for hydroxylation is 1. The molecule has 0 aromatic carbocycles. The normalized spacial score (nSPS) is 13.3. The Morgan fingerprint density at radius 3 is 2.18 bits per heavy atom. The molecule has 39 heavy (non-hydrogen) atoms. The maximum atomic E-state index is 13.2. The summed E-state index contributed by atoms with van der Waals surface area (Å²) in [7, 11) is -2.89. The van der Waals surface area contributed by atoms with Crippen LogP contribution in [0.4, 0.5) is 35.1 Å². The summed E-state index contributed by atoms with van der Waals surface area (Å²) in [6.07, 6.45) is -9.46. The first-order valence-electron chi connectivity index (χ1n) is 10.6. The predicted molar refractivity (Wildman–Crippen MR) is 115 cm³/mol. The minimum atomic E-state index is -5.86. The van der Waals surface area contributed by atoms with Crippen LogP contribution in [0.3, 0.4) is 0 Å². The molecule has 0 fully saturated rings. The van der Waals surface area contributed by atoms with Gasteiger partial charge in [0.2, 0.25) is 5.88 Å². The van der Waals surface area contributed by atoms with Crippen LogP contribution in [-0.2, 0) is 23.1 Å². The minimum Gasteiger partial charge on any atom is -0.470 e. The molecule has 4 rings (SSSR count). The van der Waals surface area contributed by atoms with Gasteiger partial charge in [0.1, 0.15) is 5.69 Å². The molecule has 0 amide bonds. The van der Waals surface area contributed by atoms with Crippen LogP contribution in [0.1, 0.15) is 12.6 Å². The van der Waals surface area contributed by atoms with Gasteiger partial charge in [-0.15, -0.1) is 10.2 Å². The van der Waals surface area contributed by atoms with Crippen molar-refractivity contribution in [3.8, 4) is 28.5 Å². The molecule has 0 spiro atoms. The number of ether oxygens (including phenoxy) is 1. The Bertz CT molecular complexity index is 1630. The molecule has 0 saturated heterocycles. The Morgan fingerprint density at radius 2 is 1.64 bits per heavy atom. The fourth-order valence-corrected chi connectivity index (χ4v) is 4.31. The Kier molecular flexibility index (Phi) is 6.76. The van der Waals surface area contributed by atoms with Gasteiger partial charge in [0.25, 0.3) is 0 Å². The Labute approximate surface area is 213 Å². The third-order valence-electron chi connectivity index (χ3n) is 5.31. The summed E-state index contributed by atoms with van der Waals surface area (Å²) in [5, 5.41) is 14.0. The smallest absolute Gasteiger partial charge is 0.456 e. The standard InChI is InChI=1S/C20H15F8N7O3S/c1-3-39(36,37)17-15(10-4-5-14(31-30-10)38-9-18(21,22)20(26,27)28)16-29-7-6-11(35(16)33-17)12-8-13(19(23,24)25)32-34(12)2/h4-8H,3,9H2,1-2H3. The second kappa shape index (κ2) is 9.38. The second-order valence-electron chi connectivity index (χ2n) is 7.93. The summed E-state index contributed by atoms with van der Waals surface area (Å²) >= 11 is 0. The van der Waals surface area contributed by atoms with Crippen LogP contribution in [0, 0.1) is 0 Å².